The van der Waals surface area contributed by atoms with Gasteiger partial charge in [-0.1, -0.05) is 24.1 Å². The molecule has 1 aliphatic rings. The van der Waals surface area contributed by atoms with Crippen molar-refractivity contribution in [3.8, 4) is 12.3 Å². The Balaban J connectivity index is 1.72. The summed E-state index contributed by atoms with van der Waals surface area (Å²) in [7, 11) is 0. The van der Waals surface area contributed by atoms with Crippen LogP contribution in [0.4, 0.5) is 5.95 Å². The first-order valence-electron chi connectivity index (χ1n) is 11.2. The SMILES string of the molecule is C#CCn1c(=O)n([C@H]2O[C@H](COC(=O)c3ccccc3)C[C@H]2OC(C)=O)c2nc(NC(C)=O)[nH]c(=O)c21. The van der Waals surface area contributed by atoms with Crippen LogP contribution in [0.15, 0.2) is 39.9 Å². The fourth-order valence-corrected chi connectivity index (χ4v) is 4.07. The lowest BCUT2D eigenvalue weighted by Crippen LogP contribution is -2.33. The van der Waals surface area contributed by atoms with Crippen molar-refractivity contribution in [2.75, 3.05) is 11.9 Å². The van der Waals surface area contributed by atoms with Gasteiger partial charge in [-0.2, -0.15) is 4.98 Å². The molecule has 0 bridgehead atoms. The van der Waals surface area contributed by atoms with Gasteiger partial charge in [-0.15, -0.1) is 6.42 Å². The number of terminal acetylenes is 1. The molecule has 1 aromatic carbocycles. The summed E-state index contributed by atoms with van der Waals surface area (Å²) in [4.78, 5) is 68.5. The molecule has 192 valence electrons. The number of imidazole rings is 1. The third-order valence-electron chi connectivity index (χ3n) is 5.48. The summed E-state index contributed by atoms with van der Waals surface area (Å²) in [5, 5.41) is 2.36. The molecule has 1 amide bonds. The van der Waals surface area contributed by atoms with E-state index >= 15 is 0 Å². The van der Waals surface area contributed by atoms with E-state index < -0.39 is 47.5 Å². The number of aromatic amines is 1. The van der Waals surface area contributed by atoms with Gasteiger partial charge in [0.1, 0.15) is 12.7 Å². The number of esters is 2. The number of nitrogens with one attached hydrogen (secondary N) is 2. The maximum absolute atomic E-state index is 13.4. The first-order valence-corrected chi connectivity index (χ1v) is 11.2. The first kappa shape index (κ1) is 25.4. The Morgan fingerprint density at radius 1 is 1.24 bits per heavy atom. The van der Waals surface area contributed by atoms with E-state index in [0.717, 1.165) is 9.13 Å². The Morgan fingerprint density at radius 2 is 1.97 bits per heavy atom. The number of carbonyl (C=O) groups excluding carboxylic acids is 3. The molecular formula is C24H23N5O8. The minimum Gasteiger partial charge on any atom is -0.459 e. The first-order chi connectivity index (χ1) is 17.7. The Bertz CT molecular complexity index is 1510. The highest BCUT2D eigenvalue weighted by atomic mass is 16.6. The number of carbonyl (C=O) groups is 3. The molecule has 0 spiro atoms. The normalized spacial score (nSPS) is 18.8. The second kappa shape index (κ2) is 10.5. The van der Waals surface area contributed by atoms with Crippen molar-refractivity contribution in [2.45, 2.75) is 45.2 Å². The molecule has 0 aliphatic carbocycles. The third kappa shape index (κ3) is 5.29. The number of ether oxygens (including phenoxy) is 3. The van der Waals surface area contributed by atoms with Crippen molar-refractivity contribution in [3.05, 3.63) is 56.7 Å². The van der Waals surface area contributed by atoms with Crippen LogP contribution in [0.5, 0.6) is 0 Å². The van der Waals surface area contributed by atoms with Crippen molar-refractivity contribution in [2.24, 2.45) is 0 Å². The van der Waals surface area contributed by atoms with E-state index in [9.17, 15) is 24.0 Å². The average molecular weight is 509 g/mol. The number of nitrogens with zero attached hydrogens (tertiary/aromatic N) is 3. The maximum Gasteiger partial charge on any atom is 0.338 e. The summed E-state index contributed by atoms with van der Waals surface area (Å²) >= 11 is 0. The van der Waals surface area contributed by atoms with Gasteiger partial charge in [-0.25, -0.2) is 14.2 Å². The molecule has 3 atom stereocenters. The number of aromatic nitrogens is 4. The van der Waals surface area contributed by atoms with Crippen LogP contribution in [0, 0.1) is 12.3 Å². The van der Waals surface area contributed by atoms with Gasteiger partial charge in [0, 0.05) is 20.3 Å². The Kier molecular flexibility index (Phi) is 7.21. The summed E-state index contributed by atoms with van der Waals surface area (Å²) in [5.41, 5.74) is -1.42. The molecular weight excluding hydrogens is 486 g/mol. The van der Waals surface area contributed by atoms with Crippen molar-refractivity contribution in [1.82, 2.24) is 19.1 Å². The van der Waals surface area contributed by atoms with Crippen LogP contribution in [-0.2, 0) is 30.3 Å². The Morgan fingerprint density at radius 3 is 2.62 bits per heavy atom. The molecule has 13 heteroatoms. The second-order valence-electron chi connectivity index (χ2n) is 8.21. The number of H-pyrrole nitrogens is 1. The molecule has 0 saturated carbocycles. The number of hydrogen-bond donors (Lipinski definition) is 2. The molecule has 1 fully saturated rings. The van der Waals surface area contributed by atoms with E-state index in [0.29, 0.717) is 5.56 Å². The van der Waals surface area contributed by atoms with Crippen LogP contribution < -0.4 is 16.6 Å². The molecule has 37 heavy (non-hydrogen) atoms. The van der Waals surface area contributed by atoms with Crippen LogP contribution in [0.2, 0.25) is 0 Å². The number of anilines is 1. The van der Waals surface area contributed by atoms with Crippen LogP contribution >= 0.6 is 0 Å². The van der Waals surface area contributed by atoms with Crippen LogP contribution in [0.3, 0.4) is 0 Å². The van der Waals surface area contributed by atoms with Gasteiger partial charge >= 0.3 is 17.6 Å². The largest absolute Gasteiger partial charge is 0.459 e. The van der Waals surface area contributed by atoms with Crippen LogP contribution in [0.25, 0.3) is 11.2 Å². The van der Waals surface area contributed by atoms with Crippen molar-refractivity contribution in [1.29, 1.82) is 0 Å². The minimum absolute atomic E-state index is 0.0856. The zero-order chi connectivity index (χ0) is 26.7. The van der Waals surface area contributed by atoms with E-state index in [1.54, 1.807) is 30.3 Å². The van der Waals surface area contributed by atoms with Gasteiger partial charge < -0.3 is 14.2 Å². The third-order valence-corrected chi connectivity index (χ3v) is 5.48. The molecule has 3 heterocycles. The summed E-state index contributed by atoms with van der Waals surface area (Å²) in [6, 6.07) is 8.33. The lowest BCUT2D eigenvalue weighted by atomic mass is 10.2. The van der Waals surface area contributed by atoms with E-state index in [4.69, 9.17) is 20.6 Å². The van der Waals surface area contributed by atoms with Gasteiger partial charge in [0.2, 0.25) is 11.9 Å². The molecule has 0 radical (unpaired) electrons. The van der Waals surface area contributed by atoms with E-state index in [2.05, 4.69) is 21.2 Å². The highest BCUT2D eigenvalue weighted by molar-refractivity contribution is 5.89. The van der Waals surface area contributed by atoms with Gasteiger partial charge in [0.25, 0.3) is 5.56 Å². The van der Waals surface area contributed by atoms with Crippen LogP contribution in [0.1, 0.15) is 36.9 Å². The number of hydrogen-bond acceptors (Lipinski definition) is 9. The quantitative estimate of drug-likeness (QED) is 0.342. The van der Waals surface area contributed by atoms with E-state index in [1.807, 2.05) is 0 Å². The molecule has 0 unspecified atom stereocenters. The average Bonchev–Trinajstić information content (AvgIpc) is 3.35. The smallest absolute Gasteiger partial charge is 0.338 e. The molecule has 1 aliphatic heterocycles. The highest BCUT2D eigenvalue weighted by Crippen LogP contribution is 2.32. The predicted octanol–water partition coefficient (Wildman–Crippen LogP) is 0.554. The fourth-order valence-electron chi connectivity index (χ4n) is 4.07. The zero-order valence-electron chi connectivity index (χ0n) is 19.9. The zero-order valence-corrected chi connectivity index (χ0v) is 19.9. The van der Waals surface area contributed by atoms with Crippen molar-refractivity contribution in [3.63, 3.8) is 0 Å². The van der Waals surface area contributed by atoms with E-state index in [-0.39, 0.29) is 36.7 Å². The topological polar surface area (TPSA) is 164 Å². The number of rotatable bonds is 7. The van der Waals surface area contributed by atoms with E-state index in [1.165, 1.54) is 13.8 Å². The van der Waals surface area contributed by atoms with Gasteiger partial charge in [0.05, 0.1) is 18.2 Å². The highest BCUT2D eigenvalue weighted by Gasteiger charge is 2.42. The molecule has 2 N–H and O–H groups in total. The van der Waals surface area contributed by atoms with Gasteiger partial charge in [0.15, 0.2) is 17.4 Å². The van der Waals surface area contributed by atoms with Gasteiger partial charge in [-0.3, -0.25) is 29.3 Å². The van der Waals surface area contributed by atoms with Crippen molar-refractivity contribution >= 4 is 35.0 Å². The Hall–Kier alpha value is -4.70. The number of amides is 1. The standard InChI is InChI=1S/C24H23N5O8/c1-4-10-28-18-19(26-23(25-13(2)30)27-20(18)32)29(24(28)34)21-17(36-14(3)31)11-16(37-21)12-35-22(33)15-8-6-5-7-9-15/h1,5-9,16-17,21H,10-12H2,2-3H3,(H2,25,26,27,30,32)/t16-,17+,21-/m0/s1. The number of benzene rings is 1. The lowest BCUT2D eigenvalue weighted by Gasteiger charge is -2.19. The minimum atomic E-state index is -1.22. The molecule has 4 rings (SSSR count). The fraction of sp³-hybridized carbons (Fsp3) is 0.333. The summed E-state index contributed by atoms with van der Waals surface area (Å²) < 4.78 is 18.8. The monoisotopic (exact) mass is 509 g/mol. The lowest BCUT2D eigenvalue weighted by molar-refractivity contribution is -0.152. The van der Waals surface area contributed by atoms with Crippen molar-refractivity contribution < 1.29 is 28.6 Å². The molecule has 3 aromatic rings. The predicted molar refractivity (Wildman–Crippen MR) is 129 cm³/mol. The molecule has 1 saturated heterocycles. The van der Waals surface area contributed by atoms with Gasteiger partial charge in [-0.05, 0) is 12.1 Å². The summed E-state index contributed by atoms with van der Waals surface area (Å²) in [6.07, 6.45) is 2.53. The number of fused-ring (bicyclic) bond motifs is 1. The summed E-state index contributed by atoms with van der Waals surface area (Å²) in [6.45, 7) is 1.97. The molecule has 13 nitrogen and oxygen atoms in total. The molecule has 2 aromatic heterocycles. The Labute approximate surface area is 209 Å². The second-order valence-corrected chi connectivity index (χ2v) is 8.21. The van der Waals surface area contributed by atoms with Crippen LogP contribution in [-0.4, -0.2) is 55.8 Å². The summed E-state index contributed by atoms with van der Waals surface area (Å²) in [5.74, 6) is 0.394. The maximum atomic E-state index is 13.4.